The minimum atomic E-state index is -0.566. The van der Waals surface area contributed by atoms with Crippen molar-refractivity contribution in [2.75, 3.05) is 16.4 Å². The third-order valence-corrected chi connectivity index (χ3v) is 5.91. The summed E-state index contributed by atoms with van der Waals surface area (Å²) in [5, 5.41) is 9.89. The number of rotatable bonds is 5. The van der Waals surface area contributed by atoms with Crippen molar-refractivity contribution in [3.05, 3.63) is 76.2 Å². The molecule has 0 bridgehead atoms. The van der Waals surface area contributed by atoms with E-state index in [2.05, 4.69) is 21.8 Å². The normalized spacial score (nSPS) is 15.3. The number of hydrogen-bond acceptors (Lipinski definition) is 4. The van der Waals surface area contributed by atoms with E-state index >= 15 is 0 Å². The molecule has 0 radical (unpaired) electrons. The molecule has 1 aromatic heterocycles. The van der Waals surface area contributed by atoms with E-state index in [1.165, 1.54) is 29.8 Å². The van der Waals surface area contributed by atoms with Crippen LogP contribution in [0.25, 0.3) is 5.57 Å². The molecular formula is C24H23ClFN5O2. The van der Waals surface area contributed by atoms with Gasteiger partial charge in [0.1, 0.15) is 22.9 Å². The average molecular weight is 468 g/mol. The van der Waals surface area contributed by atoms with Crippen molar-refractivity contribution in [1.29, 1.82) is 0 Å². The molecule has 0 aliphatic heterocycles. The van der Waals surface area contributed by atoms with Gasteiger partial charge < -0.3 is 16.4 Å². The van der Waals surface area contributed by atoms with Crippen molar-refractivity contribution in [1.82, 2.24) is 9.78 Å². The van der Waals surface area contributed by atoms with Crippen molar-refractivity contribution in [3.63, 3.8) is 0 Å². The number of carbonyl (C=O) groups excluding carboxylic acids is 2. The predicted molar refractivity (Wildman–Crippen MR) is 128 cm³/mol. The molecule has 0 saturated carbocycles. The maximum absolute atomic E-state index is 13.4. The van der Waals surface area contributed by atoms with E-state index in [4.69, 9.17) is 17.3 Å². The molecule has 7 nitrogen and oxygen atoms in total. The van der Waals surface area contributed by atoms with Crippen LogP contribution in [0.3, 0.4) is 0 Å². The van der Waals surface area contributed by atoms with E-state index in [0.29, 0.717) is 17.8 Å². The van der Waals surface area contributed by atoms with Crippen LogP contribution in [0, 0.1) is 5.82 Å². The molecule has 9 heteroatoms. The number of nitrogens with one attached hydrogen (secondary N) is 2. The highest BCUT2D eigenvalue weighted by Crippen LogP contribution is 2.40. The molecule has 0 fully saturated rings. The molecule has 4 rings (SSSR count). The highest BCUT2D eigenvalue weighted by molar-refractivity contribution is 6.31. The van der Waals surface area contributed by atoms with Crippen molar-refractivity contribution in [3.8, 4) is 0 Å². The van der Waals surface area contributed by atoms with Crippen LogP contribution >= 0.6 is 11.6 Å². The maximum Gasteiger partial charge on any atom is 0.261 e. The summed E-state index contributed by atoms with van der Waals surface area (Å²) >= 11 is 5.83. The lowest BCUT2D eigenvalue weighted by atomic mass is 9.94. The molecular weight excluding hydrogens is 445 g/mol. The van der Waals surface area contributed by atoms with Crippen molar-refractivity contribution >= 4 is 46.2 Å². The van der Waals surface area contributed by atoms with Gasteiger partial charge in [-0.1, -0.05) is 29.8 Å². The van der Waals surface area contributed by atoms with E-state index in [-0.39, 0.29) is 28.2 Å². The zero-order valence-electron chi connectivity index (χ0n) is 18.2. The van der Waals surface area contributed by atoms with Gasteiger partial charge in [-0.05, 0) is 60.2 Å². The van der Waals surface area contributed by atoms with Crippen molar-refractivity contribution in [2.45, 2.75) is 25.7 Å². The topological polar surface area (TPSA) is 102 Å². The van der Waals surface area contributed by atoms with Gasteiger partial charge in [0.05, 0.1) is 5.02 Å². The van der Waals surface area contributed by atoms with E-state index in [1.807, 2.05) is 24.3 Å². The van der Waals surface area contributed by atoms with Crippen LogP contribution in [-0.4, -0.2) is 21.6 Å². The Hall–Kier alpha value is -3.65. The molecule has 0 saturated heterocycles. The number of allylic oxidation sites excluding steroid dienone is 2. The third-order valence-electron chi connectivity index (χ3n) is 5.62. The van der Waals surface area contributed by atoms with E-state index in [9.17, 15) is 14.0 Å². The fourth-order valence-electron chi connectivity index (χ4n) is 3.96. The molecule has 1 unspecified atom stereocenters. The molecule has 170 valence electrons. The van der Waals surface area contributed by atoms with Gasteiger partial charge in [0.15, 0.2) is 0 Å². The fourth-order valence-corrected chi connectivity index (χ4v) is 4.14. The SMILES string of the molecule is CC(=O)Nc1ccc(C2CC=C(c3nn(C)c(N)c3C(=O)Nc3ccc(F)c(Cl)c3)C2)cc1. The number of nitrogens with zero attached hydrogens (tertiary/aromatic N) is 2. The van der Waals surface area contributed by atoms with Gasteiger partial charge in [-0.25, -0.2) is 4.39 Å². The number of nitrogens with two attached hydrogens (primary N) is 1. The molecule has 4 N–H and O–H groups in total. The van der Waals surface area contributed by atoms with Crippen LogP contribution < -0.4 is 16.4 Å². The Morgan fingerprint density at radius 3 is 2.52 bits per heavy atom. The first-order chi connectivity index (χ1) is 15.7. The first-order valence-corrected chi connectivity index (χ1v) is 10.8. The number of aromatic nitrogens is 2. The number of anilines is 3. The van der Waals surface area contributed by atoms with Gasteiger partial charge in [-0.15, -0.1) is 0 Å². The zero-order chi connectivity index (χ0) is 23.7. The van der Waals surface area contributed by atoms with E-state index in [0.717, 1.165) is 23.2 Å². The van der Waals surface area contributed by atoms with Crippen molar-refractivity contribution in [2.24, 2.45) is 7.05 Å². The summed E-state index contributed by atoms with van der Waals surface area (Å²) < 4.78 is 14.9. The lowest BCUT2D eigenvalue weighted by molar-refractivity contribution is -0.114. The predicted octanol–water partition coefficient (Wildman–Crippen LogP) is 4.97. The standard InChI is InChI=1S/C24H23ClFN5O2/c1-13(32)28-17-7-5-14(6-8-17)15-3-4-16(11-15)22-21(23(27)31(2)30-22)24(33)29-18-9-10-20(26)19(25)12-18/h4-10,12,15H,3,11,27H2,1-2H3,(H,28,32)(H,29,33). The minimum Gasteiger partial charge on any atom is -0.383 e. The number of carbonyl (C=O) groups is 2. The fraction of sp³-hybridized carbons (Fsp3) is 0.208. The number of aryl methyl sites for hydroxylation is 1. The number of hydrogen-bond donors (Lipinski definition) is 3. The zero-order valence-corrected chi connectivity index (χ0v) is 18.9. The Labute approximate surface area is 195 Å². The molecule has 1 atom stereocenters. The number of benzene rings is 2. The van der Waals surface area contributed by atoms with Crippen LogP contribution in [0.1, 0.15) is 47.3 Å². The monoisotopic (exact) mass is 467 g/mol. The van der Waals surface area contributed by atoms with Crippen LogP contribution in [0.5, 0.6) is 0 Å². The van der Waals surface area contributed by atoms with Gasteiger partial charge >= 0.3 is 0 Å². The maximum atomic E-state index is 13.4. The minimum absolute atomic E-state index is 0.0851. The number of nitrogen functional groups attached to an aromatic ring is 1. The highest BCUT2D eigenvalue weighted by atomic mass is 35.5. The Morgan fingerprint density at radius 1 is 1.15 bits per heavy atom. The van der Waals surface area contributed by atoms with Crippen LogP contribution in [0.15, 0.2) is 48.5 Å². The molecule has 2 aromatic carbocycles. The molecule has 33 heavy (non-hydrogen) atoms. The summed E-state index contributed by atoms with van der Waals surface area (Å²) in [7, 11) is 1.68. The molecule has 1 aliphatic rings. The second-order valence-electron chi connectivity index (χ2n) is 7.98. The smallest absolute Gasteiger partial charge is 0.261 e. The number of halogens is 2. The van der Waals surface area contributed by atoms with Crippen LogP contribution in [0.2, 0.25) is 5.02 Å². The van der Waals surface area contributed by atoms with Gasteiger partial charge in [-0.2, -0.15) is 5.10 Å². The second kappa shape index (κ2) is 9.07. The quantitative estimate of drug-likeness (QED) is 0.493. The van der Waals surface area contributed by atoms with Crippen LogP contribution in [0.4, 0.5) is 21.6 Å². The Balaban J connectivity index is 1.54. The summed E-state index contributed by atoms with van der Waals surface area (Å²) in [4.78, 5) is 24.3. The first-order valence-electron chi connectivity index (χ1n) is 10.4. The summed E-state index contributed by atoms with van der Waals surface area (Å²) in [5.41, 5.74) is 10.1. The third kappa shape index (κ3) is 4.75. The van der Waals surface area contributed by atoms with Crippen molar-refractivity contribution < 1.29 is 14.0 Å². The molecule has 3 aromatic rings. The Kier molecular flexibility index (Phi) is 6.20. The first kappa shape index (κ1) is 22.5. The second-order valence-corrected chi connectivity index (χ2v) is 8.39. The van der Waals surface area contributed by atoms with E-state index < -0.39 is 11.7 Å². The average Bonchev–Trinajstić information content (AvgIpc) is 3.36. The summed E-state index contributed by atoms with van der Waals surface area (Å²) in [6.07, 6.45) is 3.55. The lowest BCUT2D eigenvalue weighted by Gasteiger charge is -2.12. The van der Waals surface area contributed by atoms with Gasteiger partial charge in [-0.3, -0.25) is 14.3 Å². The van der Waals surface area contributed by atoms with E-state index in [1.54, 1.807) is 7.05 Å². The molecule has 1 aliphatic carbocycles. The summed E-state index contributed by atoms with van der Waals surface area (Å²) in [5.74, 6) is -0.666. The van der Waals surface area contributed by atoms with Crippen LogP contribution in [-0.2, 0) is 11.8 Å². The van der Waals surface area contributed by atoms with Gasteiger partial charge in [0.25, 0.3) is 5.91 Å². The summed E-state index contributed by atoms with van der Waals surface area (Å²) in [6, 6.07) is 11.7. The van der Waals surface area contributed by atoms with Gasteiger partial charge in [0, 0.05) is 25.3 Å². The Bertz CT molecular complexity index is 1270. The highest BCUT2D eigenvalue weighted by Gasteiger charge is 2.28. The molecule has 2 amide bonds. The molecule has 1 heterocycles. The Morgan fingerprint density at radius 2 is 1.85 bits per heavy atom. The molecule has 0 spiro atoms. The van der Waals surface area contributed by atoms with Gasteiger partial charge in [0.2, 0.25) is 5.91 Å². The number of amides is 2. The summed E-state index contributed by atoms with van der Waals surface area (Å²) in [6.45, 7) is 1.47. The lowest BCUT2D eigenvalue weighted by Crippen LogP contribution is -2.15. The largest absolute Gasteiger partial charge is 0.383 e.